The molecule has 5 nitrogen and oxygen atoms in total. The summed E-state index contributed by atoms with van der Waals surface area (Å²) in [5.74, 6) is -0.293. The predicted octanol–water partition coefficient (Wildman–Crippen LogP) is 2.72. The minimum absolute atomic E-state index is 0.0537. The summed E-state index contributed by atoms with van der Waals surface area (Å²) in [6.07, 6.45) is 2.77. The van der Waals surface area contributed by atoms with E-state index >= 15 is 0 Å². The second-order valence-corrected chi connectivity index (χ2v) is 4.61. The predicted molar refractivity (Wildman–Crippen MR) is 71.9 cm³/mol. The van der Waals surface area contributed by atoms with Crippen LogP contribution in [0.3, 0.4) is 0 Å². The maximum absolute atomic E-state index is 13.6. The van der Waals surface area contributed by atoms with Gasteiger partial charge in [-0.3, -0.25) is 0 Å². The van der Waals surface area contributed by atoms with Gasteiger partial charge in [-0.2, -0.15) is 14.5 Å². The fourth-order valence-corrected chi connectivity index (χ4v) is 1.83. The van der Waals surface area contributed by atoms with Crippen molar-refractivity contribution in [2.24, 2.45) is 0 Å². The van der Waals surface area contributed by atoms with Crippen molar-refractivity contribution in [3.63, 3.8) is 0 Å². The molecule has 0 fully saturated rings. The number of nitrogens with zero attached hydrogens (tertiary/aromatic N) is 4. The third kappa shape index (κ3) is 2.32. The summed E-state index contributed by atoms with van der Waals surface area (Å²) >= 11 is 0. The zero-order valence-corrected chi connectivity index (χ0v) is 11.1. The van der Waals surface area contributed by atoms with Crippen molar-refractivity contribution in [2.75, 3.05) is 0 Å². The van der Waals surface area contributed by atoms with Crippen LogP contribution in [0.25, 0.3) is 17.0 Å². The van der Waals surface area contributed by atoms with Crippen LogP contribution in [0.4, 0.5) is 4.39 Å². The van der Waals surface area contributed by atoms with Gasteiger partial charge in [-0.05, 0) is 32.0 Å². The Hall–Kier alpha value is -2.50. The van der Waals surface area contributed by atoms with Gasteiger partial charge in [0.1, 0.15) is 5.69 Å². The number of hydrogen-bond acceptors (Lipinski definition) is 4. The van der Waals surface area contributed by atoms with Crippen LogP contribution in [0.1, 0.15) is 13.8 Å². The first-order chi connectivity index (χ1) is 9.63. The highest BCUT2D eigenvalue weighted by molar-refractivity contribution is 5.60. The first-order valence-corrected chi connectivity index (χ1v) is 6.27. The van der Waals surface area contributed by atoms with Crippen molar-refractivity contribution >= 4 is 5.52 Å². The van der Waals surface area contributed by atoms with Crippen LogP contribution in [-0.2, 0) is 0 Å². The second-order valence-electron chi connectivity index (χ2n) is 4.61. The molecule has 0 radical (unpaired) electrons. The molecule has 102 valence electrons. The van der Waals surface area contributed by atoms with E-state index in [1.165, 1.54) is 0 Å². The number of fused-ring (bicyclic) bond motifs is 1. The summed E-state index contributed by atoms with van der Waals surface area (Å²) in [5.41, 5.74) is 1.49. The quantitative estimate of drug-likeness (QED) is 0.735. The highest BCUT2D eigenvalue weighted by Crippen LogP contribution is 2.20. The van der Waals surface area contributed by atoms with Crippen molar-refractivity contribution in [1.29, 1.82) is 0 Å². The van der Waals surface area contributed by atoms with Crippen molar-refractivity contribution in [3.8, 4) is 17.4 Å². The van der Waals surface area contributed by atoms with E-state index in [-0.39, 0.29) is 12.0 Å². The largest absolute Gasteiger partial charge is 0.473 e. The van der Waals surface area contributed by atoms with Crippen molar-refractivity contribution in [1.82, 2.24) is 19.6 Å². The second kappa shape index (κ2) is 4.88. The number of pyridine rings is 1. The van der Waals surface area contributed by atoms with Crippen LogP contribution >= 0.6 is 0 Å². The molecule has 0 unspecified atom stereocenters. The molecule has 0 bridgehead atoms. The molecule has 3 aromatic heterocycles. The van der Waals surface area contributed by atoms with Gasteiger partial charge < -0.3 is 4.74 Å². The van der Waals surface area contributed by atoms with Crippen LogP contribution in [-0.4, -0.2) is 25.7 Å². The van der Waals surface area contributed by atoms with E-state index < -0.39 is 5.82 Å². The lowest BCUT2D eigenvalue weighted by Crippen LogP contribution is -2.09. The SMILES string of the molecule is CC(C)Oc1nc(-c2cc3ccccn3n2)ncc1F. The monoisotopic (exact) mass is 272 g/mol. The first-order valence-electron chi connectivity index (χ1n) is 6.27. The maximum atomic E-state index is 13.6. The van der Waals surface area contributed by atoms with Gasteiger partial charge in [0.15, 0.2) is 5.82 Å². The molecule has 0 N–H and O–H groups in total. The van der Waals surface area contributed by atoms with Crippen LogP contribution in [0, 0.1) is 5.82 Å². The average Bonchev–Trinajstić information content (AvgIpc) is 2.84. The van der Waals surface area contributed by atoms with Gasteiger partial charge in [-0.15, -0.1) is 0 Å². The Morgan fingerprint density at radius 3 is 2.90 bits per heavy atom. The maximum Gasteiger partial charge on any atom is 0.254 e. The molecule has 0 aliphatic heterocycles. The summed E-state index contributed by atoms with van der Waals surface area (Å²) in [6.45, 7) is 3.62. The van der Waals surface area contributed by atoms with Crippen LogP contribution < -0.4 is 4.74 Å². The number of ether oxygens (including phenoxy) is 1. The van der Waals surface area contributed by atoms with Crippen molar-refractivity contribution in [3.05, 3.63) is 42.5 Å². The summed E-state index contributed by atoms with van der Waals surface area (Å²) in [7, 11) is 0. The Morgan fingerprint density at radius 2 is 2.15 bits per heavy atom. The summed E-state index contributed by atoms with van der Waals surface area (Å²) in [4.78, 5) is 8.06. The molecule has 0 amide bonds. The van der Waals surface area contributed by atoms with E-state index in [9.17, 15) is 4.39 Å². The van der Waals surface area contributed by atoms with Crippen LogP contribution in [0.15, 0.2) is 36.7 Å². The molecule has 3 rings (SSSR count). The molecule has 0 saturated carbocycles. The van der Waals surface area contributed by atoms with E-state index in [2.05, 4.69) is 15.1 Å². The zero-order valence-electron chi connectivity index (χ0n) is 11.1. The fourth-order valence-electron chi connectivity index (χ4n) is 1.83. The van der Waals surface area contributed by atoms with Crippen LogP contribution in [0.2, 0.25) is 0 Å². The lowest BCUT2D eigenvalue weighted by molar-refractivity contribution is 0.220. The standard InChI is InChI=1S/C14H13FN4O/c1-9(2)20-14-11(15)8-16-13(17-14)12-7-10-5-3-4-6-19(10)18-12/h3-9H,1-2H3. The Kier molecular flexibility index (Phi) is 3.06. The molecule has 3 aromatic rings. The number of halogens is 1. The molecule has 6 heteroatoms. The van der Waals surface area contributed by atoms with E-state index in [1.54, 1.807) is 4.52 Å². The third-order valence-corrected chi connectivity index (χ3v) is 2.66. The normalized spacial score (nSPS) is 11.2. The first kappa shape index (κ1) is 12.5. The van der Waals surface area contributed by atoms with Gasteiger partial charge in [-0.25, -0.2) is 9.50 Å². The van der Waals surface area contributed by atoms with Gasteiger partial charge in [0.05, 0.1) is 17.8 Å². The number of aromatic nitrogens is 4. The zero-order chi connectivity index (χ0) is 14.1. The van der Waals surface area contributed by atoms with Crippen LogP contribution in [0.5, 0.6) is 5.88 Å². The molecule has 0 aliphatic rings. The smallest absolute Gasteiger partial charge is 0.254 e. The molecule has 0 spiro atoms. The lowest BCUT2D eigenvalue weighted by Gasteiger charge is -2.09. The molecule has 0 atom stereocenters. The van der Waals surface area contributed by atoms with Gasteiger partial charge in [0.25, 0.3) is 5.88 Å². The molecular formula is C14H13FN4O. The number of rotatable bonds is 3. The number of hydrogen-bond donors (Lipinski definition) is 0. The van der Waals surface area contributed by atoms with E-state index in [0.717, 1.165) is 11.7 Å². The van der Waals surface area contributed by atoms with Crippen molar-refractivity contribution in [2.45, 2.75) is 20.0 Å². The van der Waals surface area contributed by atoms with Gasteiger partial charge >= 0.3 is 0 Å². The molecule has 0 aliphatic carbocycles. The lowest BCUT2D eigenvalue weighted by atomic mass is 10.3. The molecule has 0 saturated heterocycles. The Balaban J connectivity index is 2.05. The van der Waals surface area contributed by atoms with E-state index in [1.807, 2.05) is 44.3 Å². The third-order valence-electron chi connectivity index (χ3n) is 2.66. The van der Waals surface area contributed by atoms with Gasteiger partial charge in [0, 0.05) is 6.20 Å². The average molecular weight is 272 g/mol. The Morgan fingerprint density at radius 1 is 1.30 bits per heavy atom. The minimum atomic E-state index is -0.578. The van der Waals surface area contributed by atoms with Gasteiger partial charge in [0.2, 0.25) is 5.82 Å². The molecule has 20 heavy (non-hydrogen) atoms. The highest BCUT2D eigenvalue weighted by Gasteiger charge is 2.13. The highest BCUT2D eigenvalue weighted by atomic mass is 19.1. The van der Waals surface area contributed by atoms with E-state index in [0.29, 0.717) is 11.5 Å². The molecule has 0 aromatic carbocycles. The molecular weight excluding hydrogens is 259 g/mol. The van der Waals surface area contributed by atoms with Gasteiger partial charge in [-0.1, -0.05) is 6.07 Å². The Labute approximate surface area is 115 Å². The summed E-state index contributed by atoms with van der Waals surface area (Å²) in [6, 6.07) is 7.56. The molecule has 3 heterocycles. The fraction of sp³-hybridized carbons (Fsp3) is 0.214. The topological polar surface area (TPSA) is 52.3 Å². The van der Waals surface area contributed by atoms with Crippen molar-refractivity contribution < 1.29 is 9.13 Å². The Bertz CT molecular complexity index is 721. The van der Waals surface area contributed by atoms with E-state index in [4.69, 9.17) is 4.74 Å². The summed E-state index contributed by atoms with van der Waals surface area (Å²) < 4.78 is 20.6. The summed E-state index contributed by atoms with van der Waals surface area (Å²) in [5, 5.41) is 4.35. The minimum Gasteiger partial charge on any atom is -0.473 e.